The average molecular weight is 777 g/mol. The van der Waals surface area contributed by atoms with Crippen LogP contribution < -0.4 is 32.7 Å². The van der Waals surface area contributed by atoms with Gasteiger partial charge >= 0.3 is 24.4 Å². The zero-order valence-electron chi connectivity index (χ0n) is 32.5. The predicted molar refractivity (Wildman–Crippen MR) is 211 cm³/mol. The lowest BCUT2D eigenvalue weighted by Gasteiger charge is -2.37. The number of amides is 4. The molecule has 9 unspecified atom stereocenters. The van der Waals surface area contributed by atoms with Gasteiger partial charge in [-0.25, -0.2) is 19.2 Å². The number of nitrogens with one attached hydrogen (secondary N) is 4. The maximum absolute atomic E-state index is 13.9. The molecule has 14 nitrogen and oxygen atoms in total. The summed E-state index contributed by atoms with van der Waals surface area (Å²) < 4.78 is 24.2. The van der Waals surface area contributed by atoms with Crippen molar-refractivity contribution in [3.8, 4) is 0 Å². The molecular weight excluding hydrogens is 716 g/mol. The van der Waals surface area contributed by atoms with Crippen molar-refractivity contribution in [3.63, 3.8) is 0 Å². The quantitative estimate of drug-likeness (QED) is 0.187. The Morgan fingerprint density at radius 1 is 0.696 bits per heavy atom. The van der Waals surface area contributed by atoms with Crippen molar-refractivity contribution in [1.29, 1.82) is 0 Å². The summed E-state index contributed by atoms with van der Waals surface area (Å²) in [6, 6.07) is -3.80. The highest BCUT2D eigenvalue weighted by atomic mass is 16.6. The lowest BCUT2D eigenvalue weighted by Crippen LogP contribution is -2.68. The molecule has 56 heavy (non-hydrogen) atoms. The maximum Gasteiger partial charge on any atom is 0.408 e. The fourth-order valence-corrected chi connectivity index (χ4v) is 8.72. The monoisotopic (exact) mass is 776 g/mol. The van der Waals surface area contributed by atoms with E-state index in [-0.39, 0.29) is 0 Å². The summed E-state index contributed by atoms with van der Waals surface area (Å²) in [4.78, 5) is 53.5. The molecule has 6 aliphatic rings. The summed E-state index contributed by atoms with van der Waals surface area (Å²) in [6.45, 7) is 0. The Morgan fingerprint density at radius 2 is 1.36 bits per heavy atom. The number of alkyl carbamates (subject to hydrolysis) is 4. The van der Waals surface area contributed by atoms with Crippen molar-refractivity contribution >= 4 is 24.4 Å². The normalized spacial score (nSPS) is 35.3. The molecule has 1 saturated carbocycles. The van der Waals surface area contributed by atoms with Gasteiger partial charge in [0, 0.05) is 44.1 Å². The van der Waals surface area contributed by atoms with Crippen LogP contribution in [0, 0.1) is 0 Å². The summed E-state index contributed by atoms with van der Waals surface area (Å²) in [7, 11) is 1.53. The van der Waals surface area contributed by atoms with Gasteiger partial charge < -0.3 is 51.7 Å². The maximum atomic E-state index is 13.9. The zero-order chi connectivity index (χ0) is 39.4. The number of ether oxygens (including phenoxy) is 4. The van der Waals surface area contributed by atoms with Crippen LogP contribution in [-0.4, -0.2) is 86.0 Å². The van der Waals surface area contributed by atoms with E-state index in [0.717, 1.165) is 54.4 Å². The molecule has 9 atom stereocenters. The van der Waals surface area contributed by atoms with Crippen LogP contribution in [0.1, 0.15) is 103 Å². The SMILES string of the molecule is CNC(=O)OC1CCC/C=C/C2=C1CC(OC(=O)NC1CCCCC3NC(=O)OC4CC/C=C/C5=C(C4)C(CCC/C=C/5)OC(=O)NC(C1N)C3N)CC/C=C/2. The molecule has 0 aromatic rings. The first-order valence-electron chi connectivity index (χ1n) is 20.6. The van der Waals surface area contributed by atoms with E-state index >= 15 is 0 Å². The average Bonchev–Trinajstić information content (AvgIpc) is 3.19. The van der Waals surface area contributed by atoms with Gasteiger partial charge in [-0.2, -0.15) is 0 Å². The molecule has 6 rings (SSSR count). The van der Waals surface area contributed by atoms with Gasteiger partial charge in [0.1, 0.15) is 24.4 Å². The predicted octanol–water partition coefficient (Wildman–Crippen LogP) is 5.90. The van der Waals surface area contributed by atoms with Crippen LogP contribution >= 0.6 is 0 Å². The minimum absolute atomic E-state index is 0.395. The molecule has 4 bridgehead atoms. The standard InChI is InChI=1S/C42H60N6O8/c1-45-39(49)55-34-22-6-2-4-14-26-16-8-10-18-28(24-30(26)34)53-40(50)46-32-20-12-13-21-33-37(44)38(36(32)43)48-42(52)56-35-23-7-3-5-15-27-17-9-11-19-29(25-31(27)35)54-41(51)47-33/h4-5,8-9,14-17,28-29,32-38H,2-3,6-7,10-13,18-25,43-44H2,1H3,(H,45,49)(H,46,50)(H,47,51)(H,48,52)/b14-4+,15-5+,16-8+,17-9+,30-26?,31-27?. The van der Waals surface area contributed by atoms with Gasteiger partial charge in [0.25, 0.3) is 0 Å². The first-order chi connectivity index (χ1) is 27.2. The molecule has 4 amide bonds. The Kier molecular flexibility index (Phi) is 14.7. The number of carbonyl (C=O) groups is 4. The zero-order valence-corrected chi connectivity index (χ0v) is 32.5. The lowest BCUT2D eigenvalue weighted by atomic mass is 9.88. The Bertz CT molecular complexity index is 1610. The van der Waals surface area contributed by atoms with Crippen LogP contribution in [0.2, 0.25) is 0 Å². The van der Waals surface area contributed by atoms with E-state index in [2.05, 4.69) is 57.7 Å². The fraction of sp³-hybridized carbons (Fsp3) is 0.619. The highest BCUT2D eigenvalue weighted by Gasteiger charge is 2.40. The van der Waals surface area contributed by atoms with E-state index in [4.69, 9.17) is 30.4 Å². The Morgan fingerprint density at radius 3 is 2.11 bits per heavy atom. The van der Waals surface area contributed by atoms with Gasteiger partial charge in [-0.05, 0) is 99.3 Å². The van der Waals surface area contributed by atoms with Crippen molar-refractivity contribution in [1.82, 2.24) is 21.3 Å². The second-order valence-electron chi connectivity index (χ2n) is 15.7. The molecule has 0 radical (unpaired) electrons. The largest absolute Gasteiger partial charge is 0.446 e. The molecule has 5 aliphatic carbocycles. The van der Waals surface area contributed by atoms with Gasteiger partial charge in [-0.15, -0.1) is 0 Å². The van der Waals surface area contributed by atoms with Crippen LogP contribution in [0.15, 0.2) is 70.9 Å². The number of hydrogen-bond acceptors (Lipinski definition) is 10. The summed E-state index contributed by atoms with van der Waals surface area (Å²) in [5.41, 5.74) is 17.6. The summed E-state index contributed by atoms with van der Waals surface area (Å²) in [5.74, 6) is 0. The summed E-state index contributed by atoms with van der Waals surface area (Å²) in [6.07, 6.45) is 22.8. The van der Waals surface area contributed by atoms with Crippen molar-refractivity contribution in [2.75, 3.05) is 7.05 Å². The van der Waals surface area contributed by atoms with Gasteiger partial charge in [0.15, 0.2) is 0 Å². The number of nitrogens with two attached hydrogens (primary N) is 2. The molecule has 0 spiro atoms. The van der Waals surface area contributed by atoms with E-state index in [0.29, 0.717) is 70.6 Å². The second kappa shape index (κ2) is 20.0. The number of rotatable bonds is 3. The number of hydrogen-bond donors (Lipinski definition) is 6. The first kappa shape index (κ1) is 41.1. The van der Waals surface area contributed by atoms with Gasteiger partial charge in [-0.1, -0.05) is 61.4 Å². The smallest absolute Gasteiger partial charge is 0.408 e. The van der Waals surface area contributed by atoms with E-state index < -0.39 is 79.0 Å². The molecule has 0 aromatic carbocycles. The summed E-state index contributed by atoms with van der Waals surface area (Å²) in [5, 5.41) is 11.6. The highest BCUT2D eigenvalue weighted by molar-refractivity contribution is 5.71. The fourth-order valence-electron chi connectivity index (χ4n) is 8.72. The van der Waals surface area contributed by atoms with Crippen LogP contribution in [0.4, 0.5) is 19.2 Å². The van der Waals surface area contributed by atoms with Crippen LogP contribution in [0.3, 0.4) is 0 Å². The third-order valence-corrected chi connectivity index (χ3v) is 11.8. The molecule has 14 heteroatoms. The van der Waals surface area contributed by atoms with Crippen LogP contribution in [0.5, 0.6) is 0 Å². The third kappa shape index (κ3) is 11.1. The van der Waals surface area contributed by atoms with Gasteiger partial charge in [0.05, 0.1) is 6.04 Å². The highest BCUT2D eigenvalue weighted by Crippen LogP contribution is 2.33. The van der Waals surface area contributed by atoms with Crippen molar-refractivity contribution < 1.29 is 38.1 Å². The van der Waals surface area contributed by atoms with Gasteiger partial charge in [0.2, 0.25) is 0 Å². The topological polar surface area (TPSA) is 205 Å². The first-order valence-corrected chi connectivity index (χ1v) is 20.6. The van der Waals surface area contributed by atoms with Crippen LogP contribution in [-0.2, 0) is 18.9 Å². The third-order valence-electron chi connectivity index (χ3n) is 11.8. The Labute approximate surface area is 330 Å². The van der Waals surface area contributed by atoms with E-state index in [1.54, 1.807) is 0 Å². The molecule has 8 N–H and O–H groups in total. The minimum Gasteiger partial charge on any atom is -0.446 e. The molecule has 1 saturated heterocycles. The molecule has 306 valence electrons. The molecule has 2 fully saturated rings. The van der Waals surface area contributed by atoms with Crippen LogP contribution in [0.25, 0.3) is 0 Å². The van der Waals surface area contributed by atoms with Crippen molar-refractivity contribution in [2.45, 2.75) is 157 Å². The molecule has 1 aliphatic heterocycles. The van der Waals surface area contributed by atoms with E-state index in [1.165, 1.54) is 7.05 Å². The van der Waals surface area contributed by atoms with Gasteiger partial charge in [-0.3, -0.25) is 0 Å². The van der Waals surface area contributed by atoms with Crippen molar-refractivity contribution in [3.05, 3.63) is 70.9 Å². The molecule has 1 heterocycles. The molecule has 0 aromatic heterocycles. The van der Waals surface area contributed by atoms with E-state index in [1.807, 2.05) is 12.2 Å². The van der Waals surface area contributed by atoms with Crippen molar-refractivity contribution in [2.24, 2.45) is 11.5 Å². The number of fused-ring (bicyclic) bond motifs is 3. The minimum atomic E-state index is -0.896. The Hall–Kier alpha value is -4.56. The number of carbonyl (C=O) groups excluding carboxylic acids is 4. The second-order valence-corrected chi connectivity index (χ2v) is 15.7. The summed E-state index contributed by atoms with van der Waals surface area (Å²) >= 11 is 0. The Balaban J connectivity index is 1.21. The number of allylic oxidation sites excluding steroid dienone is 10. The lowest BCUT2D eigenvalue weighted by molar-refractivity contribution is 0.0745. The van der Waals surface area contributed by atoms with E-state index in [9.17, 15) is 19.2 Å². The molecular formula is C42H60N6O8.